The number of nitrogens with one attached hydrogen (secondary N) is 1. The molecule has 0 unspecified atom stereocenters. The molecule has 0 aliphatic carbocycles. The van der Waals surface area contributed by atoms with Gasteiger partial charge in [0, 0.05) is 25.9 Å². The summed E-state index contributed by atoms with van der Waals surface area (Å²) >= 11 is 0. The van der Waals surface area contributed by atoms with Crippen LogP contribution in [0.2, 0.25) is 0 Å². The van der Waals surface area contributed by atoms with Gasteiger partial charge in [-0.25, -0.2) is 0 Å². The van der Waals surface area contributed by atoms with Crippen molar-refractivity contribution in [2.24, 2.45) is 5.73 Å². The first kappa shape index (κ1) is 33.7. The summed E-state index contributed by atoms with van der Waals surface area (Å²) in [5.74, 6) is -0.852. The molecule has 0 aliphatic heterocycles. The van der Waals surface area contributed by atoms with Crippen LogP contribution in [-0.4, -0.2) is 78.9 Å². The molecule has 0 saturated heterocycles. The fourth-order valence-electron chi connectivity index (χ4n) is 3.20. The molecule has 208 valence electrons. The molecule has 0 radical (unpaired) electrons. The predicted molar refractivity (Wildman–Crippen MR) is 138 cm³/mol. The summed E-state index contributed by atoms with van der Waals surface area (Å²) in [7, 11) is 0. The molecule has 0 heterocycles. The summed E-state index contributed by atoms with van der Waals surface area (Å²) in [4.78, 5) is 23.0. The SMILES string of the molecule is CC(C)(CCOC(C)(C)CCC(=O)NCCOC(C)(C)CCOC(C)(C)CCC(=O)O)OCCN. The lowest BCUT2D eigenvalue weighted by atomic mass is 10.0. The number of nitrogens with two attached hydrogens (primary N) is 1. The van der Waals surface area contributed by atoms with Gasteiger partial charge in [0.25, 0.3) is 0 Å². The van der Waals surface area contributed by atoms with Crippen molar-refractivity contribution in [1.82, 2.24) is 5.32 Å². The monoisotopic (exact) mass is 504 g/mol. The summed E-state index contributed by atoms with van der Waals surface area (Å²) in [6.07, 6.45) is 2.95. The van der Waals surface area contributed by atoms with Crippen molar-refractivity contribution >= 4 is 11.9 Å². The molecule has 0 spiro atoms. The van der Waals surface area contributed by atoms with Crippen molar-refractivity contribution in [1.29, 1.82) is 0 Å². The lowest BCUT2D eigenvalue weighted by Crippen LogP contribution is -2.35. The molecule has 9 heteroatoms. The fraction of sp³-hybridized carbons (Fsp3) is 0.923. The van der Waals surface area contributed by atoms with Gasteiger partial charge in [0.05, 0.1) is 48.8 Å². The molecule has 0 fully saturated rings. The zero-order chi connectivity index (χ0) is 27.2. The Morgan fingerprint density at radius 3 is 1.51 bits per heavy atom. The highest BCUT2D eigenvalue weighted by molar-refractivity contribution is 5.75. The Kier molecular flexibility index (Phi) is 15.2. The minimum absolute atomic E-state index is 0.0294. The molecular formula is C26H52N2O7. The Morgan fingerprint density at radius 1 is 0.657 bits per heavy atom. The zero-order valence-corrected chi connectivity index (χ0v) is 23.5. The maximum absolute atomic E-state index is 12.2. The van der Waals surface area contributed by atoms with Gasteiger partial charge in [-0.3, -0.25) is 9.59 Å². The van der Waals surface area contributed by atoms with Gasteiger partial charge in [0.2, 0.25) is 5.91 Å². The quantitative estimate of drug-likeness (QED) is 0.202. The van der Waals surface area contributed by atoms with E-state index in [2.05, 4.69) is 5.32 Å². The molecule has 35 heavy (non-hydrogen) atoms. The number of rotatable bonds is 21. The molecular weight excluding hydrogens is 452 g/mol. The van der Waals surface area contributed by atoms with Crippen molar-refractivity contribution in [3.8, 4) is 0 Å². The second kappa shape index (κ2) is 15.8. The number of aliphatic carboxylic acids is 1. The predicted octanol–water partition coefficient (Wildman–Crippen LogP) is 3.67. The van der Waals surface area contributed by atoms with Crippen LogP contribution in [-0.2, 0) is 28.5 Å². The third-order valence-electron chi connectivity index (χ3n) is 5.82. The molecule has 0 saturated carbocycles. The van der Waals surface area contributed by atoms with Gasteiger partial charge in [-0.1, -0.05) is 0 Å². The summed E-state index contributed by atoms with van der Waals surface area (Å²) in [5.41, 5.74) is 3.90. The summed E-state index contributed by atoms with van der Waals surface area (Å²) in [6.45, 7) is 18.6. The number of carboxylic acid groups (broad SMARTS) is 1. The maximum atomic E-state index is 12.2. The molecule has 0 aromatic heterocycles. The summed E-state index contributed by atoms with van der Waals surface area (Å²) < 4.78 is 23.5. The van der Waals surface area contributed by atoms with Crippen LogP contribution >= 0.6 is 0 Å². The van der Waals surface area contributed by atoms with Crippen LogP contribution in [0.1, 0.15) is 93.9 Å². The molecule has 4 N–H and O–H groups in total. The van der Waals surface area contributed by atoms with Crippen LogP contribution in [0.5, 0.6) is 0 Å². The fourth-order valence-corrected chi connectivity index (χ4v) is 3.20. The molecule has 0 rings (SSSR count). The van der Waals surface area contributed by atoms with Gasteiger partial charge in [0.15, 0.2) is 0 Å². The van der Waals surface area contributed by atoms with Gasteiger partial charge in [-0.05, 0) is 81.1 Å². The Bertz CT molecular complexity index is 619. The Balaban J connectivity index is 4.08. The van der Waals surface area contributed by atoms with E-state index in [0.717, 1.165) is 6.42 Å². The minimum Gasteiger partial charge on any atom is -0.481 e. The minimum atomic E-state index is -0.823. The Hall–Kier alpha value is -1.26. The van der Waals surface area contributed by atoms with Gasteiger partial charge in [-0.2, -0.15) is 0 Å². The van der Waals surface area contributed by atoms with Crippen LogP contribution in [0.25, 0.3) is 0 Å². The van der Waals surface area contributed by atoms with Crippen LogP contribution < -0.4 is 11.1 Å². The third-order valence-corrected chi connectivity index (χ3v) is 5.82. The third kappa shape index (κ3) is 19.6. The van der Waals surface area contributed by atoms with Gasteiger partial charge >= 0.3 is 5.97 Å². The van der Waals surface area contributed by atoms with Crippen molar-refractivity contribution in [2.75, 3.05) is 39.5 Å². The van der Waals surface area contributed by atoms with E-state index in [-0.39, 0.29) is 17.9 Å². The van der Waals surface area contributed by atoms with Crippen LogP contribution in [0, 0.1) is 0 Å². The average molecular weight is 505 g/mol. The maximum Gasteiger partial charge on any atom is 0.303 e. The topological polar surface area (TPSA) is 129 Å². The van der Waals surface area contributed by atoms with Crippen molar-refractivity contribution in [3.05, 3.63) is 0 Å². The second-order valence-electron chi connectivity index (χ2n) is 11.5. The number of hydrogen-bond donors (Lipinski definition) is 3. The van der Waals surface area contributed by atoms with Gasteiger partial charge in [-0.15, -0.1) is 0 Å². The van der Waals surface area contributed by atoms with E-state index in [1.54, 1.807) is 0 Å². The van der Waals surface area contributed by atoms with Crippen molar-refractivity contribution < 1.29 is 33.6 Å². The number of carboxylic acids is 1. The summed E-state index contributed by atoms with van der Waals surface area (Å²) in [6, 6.07) is 0. The highest BCUT2D eigenvalue weighted by Gasteiger charge is 2.25. The number of ether oxygens (including phenoxy) is 4. The first-order valence-corrected chi connectivity index (χ1v) is 12.7. The van der Waals surface area contributed by atoms with E-state index < -0.39 is 22.8 Å². The van der Waals surface area contributed by atoms with E-state index in [0.29, 0.717) is 65.2 Å². The molecule has 9 nitrogen and oxygen atoms in total. The van der Waals surface area contributed by atoms with Crippen molar-refractivity contribution in [3.63, 3.8) is 0 Å². The zero-order valence-electron chi connectivity index (χ0n) is 23.5. The van der Waals surface area contributed by atoms with Gasteiger partial charge in [0.1, 0.15) is 0 Å². The smallest absolute Gasteiger partial charge is 0.303 e. The molecule has 0 aliphatic rings. The van der Waals surface area contributed by atoms with Crippen molar-refractivity contribution in [2.45, 2.75) is 116 Å². The van der Waals surface area contributed by atoms with E-state index in [4.69, 9.17) is 29.8 Å². The first-order chi connectivity index (χ1) is 16.0. The molecule has 0 aromatic rings. The standard InChI is InChI=1S/C26H52N2O7/c1-23(2,32-17-13-25(5,6)34-19-15-27)11-9-21(29)28-16-20-35-26(7,8)14-18-33-24(3,4)12-10-22(30)31/h9-20,27H2,1-8H3,(H,28,29)(H,30,31). The second-order valence-corrected chi connectivity index (χ2v) is 11.5. The molecule has 1 amide bonds. The molecule has 0 atom stereocenters. The number of amides is 1. The number of carbonyl (C=O) groups excluding carboxylic acids is 1. The van der Waals surface area contributed by atoms with E-state index in [9.17, 15) is 9.59 Å². The van der Waals surface area contributed by atoms with Crippen LogP contribution in [0.15, 0.2) is 0 Å². The van der Waals surface area contributed by atoms with Crippen LogP contribution in [0.4, 0.5) is 0 Å². The Labute approximate surface area is 212 Å². The highest BCUT2D eigenvalue weighted by atomic mass is 16.5. The molecule has 0 bridgehead atoms. The lowest BCUT2D eigenvalue weighted by molar-refractivity contribution is -0.139. The summed E-state index contributed by atoms with van der Waals surface area (Å²) in [5, 5.41) is 11.7. The van der Waals surface area contributed by atoms with E-state index in [1.165, 1.54) is 0 Å². The number of carbonyl (C=O) groups is 2. The van der Waals surface area contributed by atoms with E-state index >= 15 is 0 Å². The first-order valence-electron chi connectivity index (χ1n) is 12.7. The van der Waals surface area contributed by atoms with Crippen LogP contribution in [0.3, 0.4) is 0 Å². The Morgan fingerprint density at radius 2 is 1.06 bits per heavy atom. The highest BCUT2D eigenvalue weighted by Crippen LogP contribution is 2.22. The van der Waals surface area contributed by atoms with Gasteiger partial charge < -0.3 is 35.1 Å². The van der Waals surface area contributed by atoms with E-state index in [1.807, 2.05) is 55.4 Å². The molecule has 0 aromatic carbocycles. The average Bonchev–Trinajstić information content (AvgIpc) is 2.72. The number of hydrogen-bond acceptors (Lipinski definition) is 7. The lowest BCUT2D eigenvalue weighted by Gasteiger charge is -2.30. The largest absolute Gasteiger partial charge is 0.481 e. The normalized spacial score (nSPS) is 13.2.